The molecule has 4 rings (SSSR count). The lowest BCUT2D eigenvalue weighted by molar-refractivity contribution is 0.0711. The molecule has 8 heteroatoms. The highest BCUT2D eigenvalue weighted by Crippen LogP contribution is 2.36. The second-order valence-electron chi connectivity index (χ2n) is 5.89. The lowest BCUT2D eigenvalue weighted by atomic mass is 9.93. The van der Waals surface area contributed by atoms with Crippen LogP contribution in [0.1, 0.15) is 39.8 Å². The average molecular weight is 360 g/mol. The molecule has 4 heterocycles. The molecule has 0 spiro atoms. The van der Waals surface area contributed by atoms with Crippen LogP contribution < -0.4 is 0 Å². The van der Waals surface area contributed by atoms with Gasteiger partial charge in [-0.2, -0.15) is 0 Å². The van der Waals surface area contributed by atoms with Crippen molar-refractivity contribution < 1.29 is 9.32 Å². The summed E-state index contributed by atoms with van der Waals surface area (Å²) in [5, 5.41) is 10.2. The topological polar surface area (TPSA) is 72.1 Å². The lowest BCUT2D eigenvalue weighted by Crippen LogP contribution is -2.39. The molecule has 0 bridgehead atoms. The Hall–Kier alpha value is -2.06. The third kappa shape index (κ3) is 2.87. The van der Waals surface area contributed by atoms with Crippen molar-refractivity contribution in [2.24, 2.45) is 0 Å². The molecular formula is C16H16N4O2S2. The Balaban J connectivity index is 1.57. The minimum absolute atomic E-state index is 0.106. The maximum absolute atomic E-state index is 12.6. The Labute approximate surface area is 147 Å². The molecule has 0 N–H and O–H groups in total. The van der Waals surface area contributed by atoms with E-state index in [2.05, 4.69) is 14.7 Å². The molecule has 3 aromatic heterocycles. The molecule has 1 unspecified atom stereocenters. The van der Waals surface area contributed by atoms with Gasteiger partial charge in [-0.15, -0.1) is 16.4 Å². The Bertz CT molecular complexity index is 840. The number of hydrogen-bond acceptors (Lipinski definition) is 7. The Kier molecular flexibility index (Phi) is 4.15. The van der Waals surface area contributed by atoms with Crippen LogP contribution in [0.4, 0.5) is 0 Å². The van der Waals surface area contributed by atoms with Crippen LogP contribution in [-0.2, 0) is 0 Å². The van der Waals surface area contributed by atoms with Gasteiger partial charge in [-0.05, 0) is 42.7 Å². The first-order valence-corrected chi connectivity index (χ1v) is 9.46. The maximum Gasteiger partial charge on any atom is 0.263 e. The monoisotopic (exact) mass is 360 g/mol. The molecule has 1 amide bonds. The first-order valence-electron chi connectivity index (χ1n) is 7.81. The fraction of sp³-hybridized carbons (Fsp3) is 0.375. The zero-order chi connectivity index (χ0) is 16.5. The van der Waals surface area contributed by atoms with Crippen LogP contribution >= 0.6 is 22.9 Å². The number of amides is 1. The Morgan fingerprint density at radius 2 is 2.38 bits per heavy atom. The van der Waals surface area contributed by atoms with Gasteiger partial charge in [0.25, 0.3) is 5.91 Å². The number of rotatable bonds is 3. The number of nitrogens with zero attached hydrogens (tertiary/aromatic N) is 4. The van der Waals surface area contributed by atoms with Gasteiger partial charge in [0.05, 0.1) is 16.3 Å². The van der Waals surface area contributed by atoms with Gasteiger partial charge in [0.1, 0.15) is 4.88 Å². The van der Waals surface area contributed by atoms with Gasteiger partial charge in [-0.3, -0.25) is 4.79 Å². The summed E-state index contributed by atoms with van der Waals surface area (Å²) in [6.45, 7) is 3.35. The predicted molar refractivity (Wildman–Crippen MR) is 92.3 cm³/mol. The number of carbonyl (C=O) groups excluding carboxylic acids is 1. The number of aromatic nitrogens is 3. The van der Waals surface area contributed by atoms with Crippen molar-refractivity contribution in [3.63, 3.8) is 0 Å². The molecule has 1 fully saturated rings. The third-order valence-corrected chi connectivity index (χ3v) is 5.81. The van der Waals surface area contributed by atoms with E-state index in [9.17, 15) is 4.79 Å². The van der Waals surface area contributed by atoms with Crippen LogP contribution in [0.15, 0.2) is 28.1 Å². The molecule has 1 saturated heterocycles. The highest BCUT2D eigenvalue weighted by Gasteiger charge is 2.30. The maximum atomic E-state index is 12.6. The van der Waals surface area contributed by atoms with Crippen molar-refractivity contribution in [3.8, 4) is 10.6 Å². The van der Waals surface area contributed by atoms with Crippen molar-refractivity contribution in [1.82, 2.24) is 19.6 Å². The van der Waals surface area contributed by atoms with Crippen LogP contribution in [0, 0.1) is 6.92 Å². The summed E-state index contributed by atoms with van der Waals surface area (Å²) in [6, 6.07) is 5.69. The summed E-state index contributed by atoms with van der Waals surface area (Å²) >= 11 is 2.81. The highest BCUT2D eigenvalue weighted by atomic mass is 32.1. The van der Waals surface area contributed by atoms with Gasteiger partial charge in [-0.25, -0.2) is 0 Å². The van der Waals surface area contributed by atoms with E-state index in [1.165, 1.54) is 22.9 Å². The van der Waals surface area contributed by atoms with E-state index in [0.717, 1.165) is 40.5 Å². The molecule has 24 heavy (non-hydrogen) atoms. The highest BCUT2D eigenvalue weighted by molar-refractivity contribution is 7.12. The minimum atomic E-state index is 0.106. The molecule has 0 radical (unpaired) electrons. The second kappa shape index (κ2) is 6.45. The zero-order valence-corrected chi connectivity index (χ0v) is 14.8. The standard InChI is InChI=1S/C16H16N4O2S2/c1-10-8-12(22-18-10)15-14(17-19-24-15)11-4-2-6-20(9-11)16(21)13-5-3-7-23-13/h3,5,7-8,11H,2,4,6,9H2,1H3. The molecule has 0 aliphatic carbocycles. The van der Waals surface area contributed by atoms with Gasteiger partial charge in [0, 0.05) is 25.1 Å². The van der Waals surface area contributed by atoms with Crippen molar-refractivity contribution in [3.05, 3.63) is 39.8 Å². The number of likely N-dealkylation sites (tertiary alicyclic amines) is 1. The first-order chi connectivity index (χ1) is 11.7. The number of carbonyl (C=O) groups is 1. The van der Waals surface area contributed by atoms with Gasteiger partial charge in [0.2, 0.25) is 0 Å². The van der Waals surface area contributed by atoms with Crippen molar-refractivity contribution in [2.75, 3.05) is 13.1 Å². The van der Waals surface area contributed by atoms with Crippen LogP contribution in [0.2, 0.25) is 0 Å². The first kappa shape index (κ1) is 15.5. The molecule has 1 atom stereocenters. The van der Waals surface area contributed by atoms with E-state index in [-0.39, 0.29) is 11.8 Å². The smallest absolute Gasteiger partial charge is 0.263 e. The van der Waals surface area contributed by atoms with Crippen LogP contribution in [0.25, 0.3) is 10.6 Å². The number of aryl methyl sites for hydroxylation is 1. The summed E-state index contributed by atoms with van der Waals surface area (Å²) in [5.41, 5.74) is 1.75. The fourth-order valence-electron chi connectivity index (χ4n) is 3.05. The van der Waals surface area contributed by atoms with Gasteiger partial charge < -0.3 is 9.42 Å². The van der Waals surface area contributed by atoms with E-state index >= 15 is 0 Å². The molecule has 3 aromatic rings. The quantitative estimate of drug-likeness (QED) is 0.714. The summed E-state index contributed by atoms with van der Waals surface area (Å²) in [7, 11) is 0. The molecule has 1 aliphatic heterocycles. The summed E-state index contributed by atoms with van der Waals surface area (Å²) in [5.74, 6) is 0.996. The summed E-state index contributed by atoms with van der Waals surface area (Å²) < 4.78 is 9.48. The molecule has 0 aromatic carbocycles. The third-order valence-electron chi connectivity index (χ3n) is 4.19. The second-order valence-corrected chi connectivity index (χ2v) is 7.59. The van der Waals surface area contributed by atoms with Crippen molar-refractivity contribution in [2.45, 2.75) is 25.7 Å². The minimum Gasteiger partial charge on any atom is -0.355 e. The largest absolute Gasteiger partial charge is 0.355 e. The zero-order valence-electron chi connectivity index (χ0n) is 13.1. The predicted octanol–water partition coefficient (Wildman–Crippen LogP) is 3.58. The molecule has 6 nitrogen and oxygen atoms in total. The Morgan fingerprint density at radius 3 is 3.12 bits per heavy atom. The normalized spacial score (nSPS) is 18.0. The van der Waals surface area contributed by atoms with Crippen molar-refractivity contribution in [1.29, 1.82) is 0 Å². The average Bonchev–Trinajstić information content (AvgIpc) is 3.35. The SMILES string of the molecule is Cc1cc(-c2snnc2C2CCCN(C(=O)c3cccs3)C2)on1. The van der Waals surface area contributed by atoms with Gasteiger partial charge in [-0.1, -0.05) is 15.7 Å². The molecular weight excluding hydrogens is 344 g/mol. The van der Waals surface area contributed by atoms with Gasteiger partial charge in [0.15, 0.2) is 5.76 Å². The van der Waals surface area contributed by atoms with E-state index in [1.807, 2.05) is 35.4 Å². The van der Waals surface area contributed by atoms with Gasteiger partial charge >= 0.3 is 0 Å². The number of hydrogen-bond donors (Lipinski definition) is 0. The number of thiophene rings is 1. The summed E-state index contributed by atoms with van der Waals surface area (Å²) in [4.78, 5) is 16.2. The van der Waals surface area contributed by atoms with E-state index in [0.29, 0.717) is 12.3 Å². The summed E-state index contributed by atoms with van der Waals surface area (Å²) in [6.07, 6.45) is 1.97. The fourth-order valence-corrected chi connectivity index (χ4v) is 4.44. The molecule has 1 aliphatic rings. The van der Waals surface area contributed by atoms with Crippen LogP contribution in [0.5, 0.6) is 0 Å². The van der Waals surface area contributed by atoms with E-state index in [4.69, 9.17) is 4.52 Å². The Morgan fingerprint density at radius 1 is 1.46 bits per heavy atom. The molecule has 124 valence electrons. The lowest BCUT2D eigenvalue weighted by Gasteiger charge is -2.31. The van der Waals surface area contributed by atoms with E-state index in [1.54, 1.807) is 0 Å². The van der Waals surface area contributed by atoms with Crippen LogP contribution in [-0.4, -0.2) is 38.6 Å². The van der Waals surface area contributed by atoms with E-state index < -0.39 is 0 Å². The molecule has 0 saturated carbocycles. The van der Waals surface area contributed by atoms with Crippen LogP contribution in [0.3, 0.4) is 0 Å². The number of piperidine rings is 1. The van der Waals surface area contributed by atoms with Crippen molar-refractivity contribution >= 4 is 28.8 Å².